The molecular formula is C11H15O. The molecule has 0 N–H and O–H groups in total. The van der Waals surface area contributed by atoms with Gasteiger partial charge in [0.2, 0.25) is 0 Å². The van der Waals surface area contributed by atoms with Crippen LogP contribution in [0.25, 0.3) is 0 Å². The molecule has 1 aromatic carbocycles. The molecule has 1 radical (unpaired) electrons. The maximum Gasteiger partial charge on any atom is 0.122 e. The van der Waals surface area contributed by atoms with Crippen LogP contribution in [0, 0.1) is 13.0 Å². The van der Waals surface area contributed by atoms with Gasteiger partial charge in [-0.25, -0.2) is 0 Å². The maximum atomic E-state index is 5.25. The second-order valence-electron chi connectivity index (χ2n) is 2.97. The molecule has 0 amide bonds. The lowest BCUT2D eigenvalue weighted by Gasteiger charge is -2.07. The molecule has 12 heavy (non-hydrogen) atoms. The fourth-order valence-electron chi connectivity index (χ4n) is 1.24. The number of hydrogen-bond donors (Lipinski definition) is 0. The van der Waals surface area contributed by atoms with E-state index in [2.05, 4.69) is 26.0 Å². The topological polar surface area (TPSA) is 9.23 Å². The lowest BCUT2D eigenvalue weighted by atomic mass is 10.1. The summed E-state index contributed by atoms with van der Waals surface area (Å²) >= 11 is 0. The number of aryl methyl sites for hydroxylation is 2. The van der Waals surface area contributed by atoms with E-state index < -0.39 is 0 Å². The molecule has 65 valence electrons. The zero-order valence-electron chi connectivity index (χ0n) is 7.98. The highest BCUT2D eigenvalue weighted by molar-refractivity contribution is 5.36. The van der Waals surface area contributed by atoms with Crippen molar-refractivity contribution in [2.24, 2.45) is 0 Å². The Kier molecular flexibility index (Phi) is 3.15. The van der Waals surface area contributed by atoms with Crippen molar-refractivity contribution in [2.45, 2.75) is 26.7 Å². The van der Waals surface area contributed by atoms with Crippen molar-refractivity contribution >= 4 is 0 Å². The van der Waals surface area contributed by atoms with E-state index in [1.165, 1.54) is 11.1 Å². The van der Waals surface area contributed by atoms with Crippen molar-refractivity contribution in [1.29, 1.82) is 0 Å². The van der Waals surface area contributed by atoms with Crippen LogP contribution < -0.4 is 4.74 Å². The third kappa shape index (κ3) is 2.00. The third-order valence-corrected chi connectivity index (χ3v) is 1.85. The molecular weight excluding hydrogens is 148 g/mol. The number of ether oxygens (including phenoxy) is 1. The Labute approximate surface area is 74.4 Å². The summed E-state index contributed by atoms with van der Waals surface area (Å²) in [6, 6.07) is 7.30. The van der Waals surface area contributed by atoms with Gasteiger partial charge in [-0.05, 0) is 31.0 Å². The summed E-state index contributed by atoms with van der Waals surface area (Å²) in [5, 5.41) is 0. The van der Waals surface area contributed by atoms with Crippen molar-refractivity contribution in [3.63, 3.8) is 0 Å². The molecule has 0 aromatic heterocycles. The Hall–Kier alpha value is -0.980. The summed E-state index contributed by atoms with van der Waals surface area (Å²) in [4.78, 5) is 0. The molecule has 0 bridgehead atoms. The van der Waals surface area contributed by atoms with E-state index in [1.54, 1.807) is 7.11 Å². The van der Waals surface area contributed by atoms with E-state index in [9.17, 15) is 0 Å². The summed E-state index contributed by atoms with van der Waals surface area (Å²) in [7, 11) is 1.71. The molecule has 1 aromatic rings. The second-order valence-corrected chi connectivity index (χ2v) is 2.97. The standard InChI is InChI=1S/C11H15O/c1-4-5-10-7-6-9(2)8-11(10)12-3/h6,8H,4-5H2,1-3H3. The summed E-state index contributed by atoms with van der Waals surface area (Å²) in [6.07, 6.45) is 2.18. The summed E-state index contributed by atoms with van der Waals surface area (Å²) in [5.41, 5.74) is 2.39. The number of benzene rings is 1. The van der Waals surface area contributed by atoms with E-state index in [1.807, 2.05) is 6.07 Å². The molecule has 0 atom stereocenters. The van der Waals surface area contributed by atoms with Crippen molar-refractivity contribution in [2.75, 3.05) is 7.11 Å². The average Bonchev–Trinajstić information content (AvgIpc) is 2.08. The smallest absolute Gasteiger partial charge is 0.122 e. The number of methoxy groups -OCH3 is 1. The van der Waals surface area contributed by atoms with E-state index >= 15 is 0 Å². The van der Waals surface area contributed by atoms with E-state index in [0.717, 1.165) is 18.6 Å². The SMILES string of the molecule is CCCc1[c]cc(C)cc1OC. The minimum absolute atomic E-state index is 0.969. The van der Waals surface area contributed by atoms with Gasteiger partial charge in [-0.15, -0.1) is 0 Å². The number of rotatable bonds is 3. The highest BCUT2D eigenvalue weighted by Crippen LogP contribution is 2.20. The van der Waals surface area contributed by atoms with E-state index in [0.29, 0.717) is 0 Å². The zero-order chi connectivity index (χ0) is 8.97. The monoisotopic (exact) mass is 163 g/mol. The molecule has 1 heteroatoms. The molecule has 0 unspecified atom stereocenters. The molecule has 0 spiro atoms. The van der Waals surface area contributed by atoms with Gasteiger partial charge >= 0.3 is 0 Å². The third-order valence-electron chi connectivity index (χ3n) is 1.85. The second kappa shape index (κ2) is 4.15. The molecule has 0 aliphatic heterocycles. The van der Waals surface area contributed by atoms with Crippen LogP contribution in [-0.2, 0) is 6.42 Å². The highest BCUT2D eigenvalue weighted by atomic mass is 16.5. The fourth-order valence-corrected chi connectivity index (χ4v) is 1.24. The molecule has 0 fully saturated rings. The van der Waals surface area contributed by atoms with Crippen molar-refractivity contribution in [3.05, 3.63) is 29.3 Å². The lowest BCUT2D eigenvalue weighted by molar-refractivity contribution is 0.409. The van der Waals surface area contributed by atoms with Gasteiger partial charge in [-0.2, -0.15) is 0 Å². The summed E-state index contributed by atoms with van der Waals surface area (Å²) < 4.78 is 5.25. The molecule has 0 saturated heterocycles. The van der Waals surface area contributed by atoms with Gasteiger partial charge in [0, 0.05) is 5.56 Å². The van der Waals surface area contributed by atoms with Crippen LogP contribution in [-0.4, -0.2) is 7.11 Å². The van der Waals surface area contributed by atoms with Crippen molar-refractivity contribution in [3.8, 4) is 5.75 Å². The first-order chi connectivity index (χ1) is 5.77. The van der Waals surface area contributed by atoms with Crippen LogP contribution in [0.3, 0.4) is 0 Å². The molecule has 0 aliphatic rings. The predicted molar refractivity (Wildman–Crippen MR) is 50.6 cm³/mol. The Morgan fingerprint density at radius 2 is 2.25 bits per heavy atom. The first kappa shape index (κ1) is 9.11. The highest BCUT2D eigenvalue weighted by Gasteiger charge is 2.01. The Balaban J connectivity index is 2.94. The first-order valence-corrected chi connectivity index (χ1v) is 4.33. The fraction of sp³-hybridized carbons (Fsp3) is 0.455. The van der Waals surface area contributed by atoms with Crippen LogP contribution in [0.1, 0.15) is 24.5 Å². The van der Waals surface area contributed by atoms with Crippen LogP contribution in [0.4, 0.5) is 0 Å². The van der Waals surface area contributed by atoms with Crippen LogP contribution in [0.15, 0.2) is 12.1 Å². The Bertz CT molecular complexity index is 253. The lowest BCUT2D eigenvalue weighted by Crippen LogP contribution is -1.92. The molecule has 1 rings (SSSR count). The van der Waals surface area contributed by atoms with Crippen molar-refractivity contribution in [1.82, 2.24) is 0 Å². The largest absolute Gasteiger partial charge is 0.496 e. The van der Waals surface area contributed by atoms with Crippen LogP contribution >= 0.6 is 0 Å². The van der Waals surface area contributed by atoms with Gasteiger partial charge in [0.15, 0.2) is 0 Å². The van der Waals surface area contributed by atoms with Crippen LogP contribution in [0.2, 0.25) is 0 Å². The predicted octanol–water partition coefficient (Wildman–Crippen LogP) is 2.76. The summed E-state index contributed by atoms with van der Waals surface area (Å²) in [5.74, 6) is 0.969. The first-order valence-electron chi connectivity index (χ1n) is 4.33. The van der Waals surface area contributed by atoms with Crippen molar-refractivity contribution < 1.29 is 4.74 Å². The molecule has 0 aliphatic carbocycles. The van der Waals surface area contributed by atoms with Gasteiger partial charge in [0.25, 0.3) is 0 Å². The van der Waals surface area contributed by atoms with Gasteiger partial charge in [-0.1, -0.05) is 19.4 Å². The van der Waals surface area contributed by atoms with Gasteiger partial charge in [0.1, 0.15) is 5.75 Å². The molecule has 1 nitrogen and oxygen atoms in total. The van der Waals surface area contributed by atoms with Gasteiger partial charge in [0.05, 0.1) is 7.11 Å². The molecule has 0 saturated carbocycles. The van der Waals surface area contributed by atoms with E-state index in [4.69, 9.17) is 4.74 Å². The van der Waals surface area contributed by atoms with Crippen LogP contribution in [0.5, 0.6) is 5.75 Å². The summed E-state index contributed by atoms with van der Waals surface area (Å²) in [6.45, 7) is 4.21. The number of hydrogen-bond acceptors (Lipinski definition) is 1. The normalized spacial score (nSPS) is 9.92. The van der Waals surface area contributed by atoms with E-state index in [-0.39, 0.29) is 0 Å². The minimum Gasteiger partial charge on any atom is -0.496 e. The molecule has 0 heterocycles. The zero-order valence-corrected chi connectivity index (χ0v) is 7.98. The van der Waals surface area contributed by atoms with Gasteiger partial charge in [-0.3, -0.25) is 0 Å². The van der Waals surface area contributed by atoms with Gasteiger partial charge < -0.3 is 4.74 Å². The maximum absolute atomic E-state index is 5.25. The quantitative estimate of drug-likeness (QED) is 0.665. The Morgan fingerprint density at radius 1 is 1.50 bits per heavy atom. The minimum atomic E-state index is 0.969. The average molecular weight is 163 g/mol. The Morgan fingerprint density at radius 3 is 2.83 bits per heavy atom.